The molecule has 2 amide bonds. The molecule has 34 heavy (non-hydrogen) atoms. The Morgan fingerprint density at radius 3 is 2.59 bits per heavy atom. The maximum atomic E-state index is 13.9. The number of carbonyl (C=O) groups excluding carboxylic acids is 2. The fraction of sp³-hybridized carbons (Fsp3) is 0.148. The van der Waals surface area contributed by atoms with Crippen molar-refractivity contribution in [1.29, 1.82) is 0 Å². The van der Waals surface area contributed by atoms with E-state index in [4.69, 9.17) is 4.42 Å². The summed E-state index contributed by atoms with van der Waals surface area (Å²) in [4.78, 5) is 31.2. The first kappa shape index (κ1) is 21.6. The Hall–Kier alpha value is -4.26. The highest BCUT2D eigenvalue weighted by Gasteiger charge is 2.25. The van der Waals surface area contributed by atoms with Crippen molar-refractivity contribution in [3.63, 3.8) is 0 Å². The molecule has 0 atom stereocenters. The van der Waals surface area contributed by atoms with Crippen LogP contribution in [0.3, 0.4) is 0 Å². The van der Waals surface area contributed by atoms with E-state index in [1.807, 2.05) is 24.3 Å². The van der Waals surface area contributed by atoms with Gasteiger partial charge in [0.25, 0.3) is 5.91 Å². The maximum absolute atomic E-state index is 13.9. The van der Waals surface area contributed by atoms with Gasteiger partial charge < -0.3 is 14.6 Å². The molecule has 7 heteroatoms. The van der Waals surface area contributed by atoms with Gasteiger partial charge in [0.1, 0.15) is 5.82 Å². The molecule has 0 aliphatic carbocycles. The average Bonchev–Trinajstić information content (AvgIpc) is 3.50. The fourth-order valence-electron chi connectivity index (χ4n) is 4.06. The quantitative estimate of drug-likeness (QED) is 0.431. The molecule has 0 saturated carbocycles. The Labute approximate surface area is 196 Å². The second-order valence-electron chi connectivity index (χ2n) is 8.06. The van der Waals surface area contributed by atoms with Crippen molar-refractivity contribution in [2.24, 2.45) is 0 Å². The number of halogens is 1. The minimum atomic E-state index is -0.390. The lowest BCUT2D eigenvalue weighted by atomic mass is 10.1. The van der Waals surface area contributed by atoms with Gasteiger partial charge in [-0.3, -0.25) is 9.59 Å². The molecular weight excluding hydrogens is 433 g/mol. The maximum Gasteiger partial charge on any atom is 0.258 e. The topological polar surface area (TPSA) is 75.4 Å². The molecule has 0 unspecified atom stereocenters. The highest BCUT2D eigenvalue weighted by molar-refractivity contribution is 6.07. The van der Waals surface area contributed by atoms with E-state index < -0.39 is 0 Å². The lowest BCUT2D eigenvalue weighted by Gasteiger charge is -2.17. The highest BCUT2D eigenvalue weighted by atomic mass is 19.1. The van der Waals surface area contributed by atoms with Crippen LogP contribution < -0.4 is 10.2 Å². The van der Waals surface area contributed by atoms with Crippen LogP contribution in [0, 0.1) is 5.82 Å². The van der Waals surface area contributed by atoms with Crippen LogP contribution in [0.1, 0.15) is 28.2 Å². The number of para-hydroxylation sites is 1. The van der Waals surface area contributed by atoms with Gasteiger partial charge in [0.15, 0.2) is 11.7 Å². The van der Waals surface area contributed by atoms with E-state index in [1.165, 1.54) is 17.8 Å². The van der Waals surface area contributed by atoms with Crippen LogP contribution in [0.2, 0.25) is 0 Å². The summed E-state index contributed by atoms with van der Waals surface area (Å²) in [5.41, 5.74) is 3.62. The van der Waals surface area contributed by atoms with Crippen molar-refractivity contribution < 1.29 is 18.4 Å². The van der Waals surface area contributed by atoms with E-state index in [1.54, 1.807) is 47.4 Å². The summed E-state index contributed by atoms with van der Waals surface area (Å²) < 4.78 is 19.5. The van der Waals surface area contributed by atoms with Crippen LogP contribution in [-0.4, -0.2) is 23.3 Å². The molecule has 0 bridgehead atoms. The number of nitrogens with one attached hydrogen (secondary N) is 1. The van der Waals surface area contributed by atoms with Crippen LogP contribution >= 0.6 is 0 Å². The van der Waals surface area contributed by atoms with Crippen LogP contribution in [0.15, 0.2) is 83.4 Å². The van der Waals surface area contributed by atoms with Gasteiger partial charge in [-0.1, -0.05) is 30.3 Å². The molecule has 0 saturated heterocycles. The SMILES string of the molecule is O=C(CCc1ncc(-c2ccccc2F)o1)Nc1ccc(C(=O)N2CCc3ccccc32)cc1. The summed E-state index contributed by atoms with van der Waals surface area (Å²) in [5, 5.41) is 2.82. The van der Waals surface area contributed by atoms with E-state index in [9.17, 15) is 14.0 Å². The number of carbonyl (C=O) groups is 2. The number of nitrogens with zero attached hydrogens (tertiary/aromatic N) is 2. The molecule has 2 heterocycles. The summed E-state index contributed by atoms with van der Waals surface area (Å²) in [6.45, 7) is 0.663. The summed E-state index contributed by atoms with van der Waals surface area (Å²) in [6, 6.07) is 21.1. The lowest BCUT2D eigenvalue weighted by Crippen LogP contribution is -2.28. The van der Waals surface area contributed by atoms with Crippen molar-refractivity contribution in [1.82, 2.24) is 4.98 Å². The molecule has 6 nitrogen and oxygen atoms in total. The molecule has 1 aromatic heterocycles. The van der Waals surface area contributed by atoms with Crippen molar-refractivity contribution >= 4 is 23.2 Å². The third-order valence-electron chi connectivity index (χ3n) is 5.81. The van der Waals surface area contributed by atoms with Gasteiger partial charge in [-0.2, -0.15) is 0 Å². The summed E-state index contributed by atoms with van der Waals surface area (Å²) in [7, 11) is 0. The molecular formula is C27H22FN3O3. The van der Waals surface area contributed by atoms with Crippen molar-refractivity contribution in [2.75, 3.05) is 16.8 Å². The van der Waals surface area contributed by atoms with Gasteiger partial charge in [0.05, 0.1) is 11.8 Å². The summed E-state index contributed by atoms with van der Waals surface area (Å²) >= 11 is 0. The average molecular weight is 455 g/mol. The predicted octanol–water partition coefficient (Wildman–Crippen LogP) is 5.25. The molecule has 3 aromatic carbocycles. The van der Waals surface area contributed by atoms with Crippen LogP contribution in [0.25, 0.3) is 11.3 Å². The van der Waals surface area contributed by atoms with Gasteiger partial charge in [-0.05, 0) is 54.4 Å². The fourth-order valence-corrected chi connectivity index (χ4v) is 4.06. The van der Waals surface area contributed by atoms with Gasteiger partial charge in [0.2, 0.25) is 5.91 Å². The van der Waals surface area contributed by atoms with Gasteiger partial charge >= 0.3 is 0 Å². The number of hydrogen-bond donors (Lipinski definition) is 1. The smallest absolute Gasteiger partial charge is 0.258 e. The normalized spacial score (nSPS) is 12.4. The minimum Gasteiger partial charge on any atom is -0.441 e. The second kappa shape index (κ2) is 9.31. The number of benzene rings is 3. The Balaban J connectivity index is 1.16. The lowest BCUT2D eigenvalue weighted by molar-refractivity contribution is -0.116. The van der Waals surface area contributed by atoms with Crippen LogP contribution in [0.4, 0.5) is 15.8 Å². The first-order valence-electron chi connectivity index (χ1n) is 11.1. The molecule has 5 rings (SSSR count). The first-order chi connectivity index (χ1) is 16.6. The van der Waals surface area contributed by atoms with Crippen LogP contribution in [-0.2, 0) is 17.6 Å². The Morgan fingerprint density at radius 1 is 1.00 bits per heavy atom. The first-order valence-corrected chi connectivity index (χ1v) is 11.1. The van der Waals surface area contributed by atoms with Crippen molar-refractivity contribution in [3.05, 3.63) is 102 Å². The zero-order valence-electron chi connectivity index (χ0n) is 18.3. The molecule has 0 fully saturated rings. The van der Waals surface area contributed by atoms with E-state index in [0.29, 0.717) is 35.0 Å². The highest BCUT2D eigenvalue weighted by Crippen LogP contribution is 2.29. The Kier molecular flexibility index (Phi) is 5.91. The number of anilines is 2. The number of aromatic nitrogens is 1. The number of hydrogen-bond acceptors (Lipinski definition) is 4. The minimum absolute atomic E-state index is 0.0580. The van der Waals surface area contributed by atoms with Gasteiger partial charge in [-0.15, -0.1) is 0 Å². The molecule has 1 aliphatic heterocycles. The molecule has 1 N–H and O–H groups in total. The Morgan fingerprint density at radius 2 is 1.76 bits per heavy atom. The zero-order chi connectivity index (χ0) is 23.5. The largest absolute Gasteiger partial charge is 0.441 e. The molecule has 170 valence electrons. The number of amides is 2. The summed E-state index contributed by atoms with van der Waals surface area (Å²) in [5.74, 6) is 0.0315. The third-order valence-corrected chi connectivity index (χ3v) is 5.81. The van der Waals surface area contributed by atoms with E-state index in [2.05, 4.69) is 10.3 Å². The third kappa shape index (κ3) is 4.45. The number of fused-ring (bicyclic) bond motifs is 1. The van der Waals surface area contributed by atoms with Crippen molar-refractivity contribution in [2.45, 2.75) is 19.3 Å². The number of rotatable bonds is 6. The van der Waals surface area contributed by atoms with Crippen LogP contribution in [0.5, 0.6) is 0 Å². The molecule has 0 spiro atoms. The second-order valence-corrected chi connectivity index (χ2v) is 8.06. The predicted molar refractivity (Wildman–Crippen MR) is 127 cm³/mol. The number of oxazole rings is 1. The summed E-state index contributed by atoms with van der Waals surface area (Å²) in [6.07, 6.45) is 2.75. The van der Waals surface area contributed by atoms with Gasteiger partial charge in [-0.25, -0.2) is 9.37 Å². The monoisotopic (exact) mass is 455 g/mol. The van der Waals surface area contributed by atoms with E-state index >= 15 is 0 Å². The Bertz CT molecular complexity index is 1350. The van der Waals surface area contributed by atoms with E-state index in [0.717, 1.165) is 12.1 Å². The van der Waals surface area contributed by atoms with E-state index in [-0.39, 0.29) is 30.5 Å². The molecule has 0 radical (unpaired) electrons. The standard InChI is InChI=1S/C27H22FN3O3/c28-22-7-3-2-6-21(22)24-17-29-26(34-24)14-13-25(32)30-20-11-9-19(10-12-20)27(33)31-16-15-18-5-1-4-8-23(18)31/h1-12,17H,13-16H2,(H,30,32). The van der Waals surface area contributed by atoms with Gasteiger partial charge in [0, 0.05) is 36.3 Å². The molecule has 1 aliphatic rings. The van der Waals surface area contributed by atoms with Crippen molar-refractivity contribution in [3.8, 4) is 11.3 Å². The molecule has 4 aromatic rings. The zero-order valence-corrected chi connectivity index (χ0v) is 18.3. The number of aryl methyl sites for hydroxylation is 1.